The van der Waals surface area contributed by atoms with Gasteiger partial charge in [-0.25, -0.2) is 0 Å². The molecule has 1 aromatic heterocycles. The molecule has 0 aliphatic carbocycles. The highest BCUT2D eigenvalue weighted by Gasteiger charge is 2.25. The number of benzene rings is 3. The second-order valence-electron chi connectivity index (χ2n) is 7.17. The summed E-state index contributed by atoms with van der Waals surface area (Å²) in [6.45, 7) is 0.508. The van der Waals surface area contributed by atoms with Gasteiger partial charge in [0, 0.05) is 27.9 Å². The van der Waals surface area contributed by atoms with Crippen molar-refractivity contribution in [3.63, 3.8) is 0 Å². The molecule has 3 aromatic carbocycles. The van der Waals surface area contributed by atoms with Crippen molar-refractivity contribution < 1.29 is 9.59 Å². The average molecular weight is 414 g/mol. The molecule has 2 N–H and O–H groups in total. The van der Waals surface area contributed by atoms with E-state index in [0.717, 1.165) is 27.0 Å². The van der Waals surface area contributed by atoms with Crippen LogP contribution in [0.2, 0.25) is 0 Å². The number of hydrogen-bond acceptors (Lipinski definition) is 3. The quantitative estimate of drug-likeness (QED) is 0.492. The highest BCUT2D eigenvalue weighted by Crippen LogP contribution is 2.38. The van der Waals surface area contributed by atoms with E-state index in [1.54, 1.807) is 4.90 Å². The Bertz CT molecular complexity index is 1250. The molecule has 5 nitrogen and oxygen atoms in total. The molecule has 6 heteroatoms. The first-order chi connectivity index (χ1) is 14.7. The van der Waals surface area contributed by atoms with E-state index in [9.17, 15) is 9.59 Å². The van der Waals surface area contributed by atoms with E-state index in [1.165, 1.54) is 11.8 Å². The topological polar surface area (TPSA) is 65.2 Å². The summed E-state index contributed by atoms with van der Waals surface area (Å²) in [5.41, 5.74) is 4.06. The Morgan fingerprint density at radius 1 is 1.03 bits per heavy atom. The molecule has 1 aliphatic rings. The fourth-order valence-corrected chi connectivity index (χ4v) is 4.53. The van der Waals surface area contributed by atoms with Gasteiger partial charge in [-0.15, -0.1) is 11.8 Å². The standard InChI is InChI=1S/C24H19N3O2S/c28-23-15-30-22-9-8-19(13-21(22)27(23)14-16-4-2-1-3-5-16)26-24(29)18-7-6-17-10-11-25-20(17)12-18/h1-13,25H,14-15H2,(H,26,29). The molecule has 1 aliphatic heterocycles. The van der Waals surface area contributed by atoms with Crippen molar-refractivity contribution in [2.24, 2.45) is 0 Å². The van der Waals surface area contributed by atoms with Gasteiger partial charge in [0.15, 0.2) is 0 Å². The SMILES string of the molecule is O=C(Nc1ccc2c(c1)N(Cc1ccccc1)C(=O)CS2)c1ccc2cc[nH]c2c1. The molecule has 2 heterocycles. The molecule has 4 aromatic rings. The number of aromatic amines is 1. The minimum absolute atomic E-state index is 0.0667. The summed E-state index contributed by atoms with van der Waals surface area (Å²) < 4.78 is 0. The van der Waals surface area contributed by atoms with Crippen LogP contribution in [-0.2, 0) is 11.3 Å². The molecule has 148 valence electrons. The van der Waals surface area contributed by atoms with Crippen LogP contribution >= 0.6 is 11.8 Å². The van der Waals surface area contributed by atoms with Crippen LogP contribution in [0.15, 0.2) is 83.9 Å². The predicted octanol–water partition coefficient (Wildman–Crippen LogP) is 5.06. The monoisotopic (exact) mass is 413 g/mol. The first-order valence-corrected chi connectivity index (χ1v) is 10.7. The van der Waals surface area contributed by atoms with E-state index in [0.29, 0.717) is 23.5 Å². The number of nitrogens with zero attached hydrogens (tertiary/aromatic N) is 1. The number of anilines is 2. The molecule has 0 saturated heterocycles. The van der Waals surface area contributed by atoms with Crippen LogP contribution in [0, 0.1) is 0 Å². The fraction of sp³-hybridized carbons (Fsp3) is 0.0833. The van der Waals surface area contributed by atoms with Gasteiger partial charge in [0.2, 0.25) is 5.91 Å². The maximum atomic E-state index is 12.8. The number of fused-ring (bicyclic) bond motifs is 2. The smallest absolute Gasteiger partial charge is 0.255 e. The molecule has 0 radical (unpaired) electrons. The highest BCUT2D eigenvalue weighted by molar-refractivity contribution is 8.00. The van der Waals surface area contributed by atoms with Crippen molar-refractivity contribution in [1.82, 2.24) is 4.98 Å². The number of rotatable bonds is 4. The van der Waals surface area contributed by atoms with Crippen LogP contribution < -0.4 is 10.2 Å². The number of nitrogens with one attached hydrogen (secondary N) is 2. The molecule has 30 heavy (non-hydrogen) atoms. The first-order valence-electron chi connectivity index (χ1n) is 9.67. The maximum Gasteiger partial charge on any atom is 0.255 e. The lowest BCUT2D eigenvalue weighted by Crippen LogP contribution is -2.34. The molecule has 2 amide bonds. The van der Waals surface area contributed by atoms with Crippen molar-refractivity contribution in [3.8, 4) is 0 Å². The lowest BCUT2D eigenvalue weighted by molar-refractivity contribution is -0.116. The van der Waals surface area contributed by atoms with E-state index < -0.39 is 0 Å². The van der Waals surface area contributed by atoms with Gasteiger partial charge >= 0.3 is 0 Å². The molecule has 5 rings (SSSR count). The summed E-state index contributed by atoms with van der Waals surface area (Å²) in [4.78, 5) is 31.4. The van der Waals surface area contributed by atoms with Crippen LogP contribution in [0.4, 0.5) is 11.4 Å². The Hall–Kier alpha value is -3.51. The molecular formula is C24H19N3O2S. The van der Waals surface area contributed by atoms with Crippen molar-refractivity contribution >= 4 is 45.9 Å². The third-order valence-corrected chi connectivity index (χ3v) is 6.21. The summed E-state index contributed by atoms with van der Waals surface area (Å²) in [6.07, 6.45) is 1.85. The zero-order chi connectivity index (χ0) is 20.5. The van der Waals surface area contributed by atoms with E-state index in [-0.39, 0.29) is 11.8 Å². The van der Waals surface area contributed by atoms with Crippen molar-refractivity contribution in [2.45, 2.75) is 11.4 Å². The second-order valence-corrected chi connectivity index (χ2v) is 8.19. The zero-order valence-electron chi connectivity index (χ0n) is 16.1. The van der Waals surface area contributed by atoms with Gasteiger partial charge in [-0.1, -0.05) is 36.4 Å². The Kier molecular flexibility index (Phi) is 4.77. The number of hydrogen-bond donors (Lipinski definition) is 2. The predicted molar refractivity (Wildman–Crippen MR) is 121 cm³/mol. The summed E-state index contributed by atoms with van der Waals surface area (Å²) in [6, 6.07) is 23.2. The van der Waals surface area contributed by atoms with E-state index in [2.05, 4.69) is 10.3 Å². The number of carbonyl (C=O) groups excluding carboxylic acids is 2. The van der Waals surface area contributed by atoms with Crippen molar-refractivity contribution in [3.05, 3.63) is 90.1 Å². The lowest BCUT2D eigenvalue weighted by Gasteiger charge is -2.29. The number of carbonyl (C=O) groups is 2. The Labute approximate surface area is 178 Å². The number of amides is 2. The normalized spacial score (nSPS) is 13.3. The minimum Gasteiger partial charge on any atom is -0.361 e. The molecule has 0 unspecified atom stereocenters. The molecule has 0 atom stereocenters. The van der Waals surface area contributed by atoms with Gasteiger partial charge in [0.1, 0.15) is 0 Å². The second kappa shape index (κ2) is 7.72. The third kappa shape index (κ3) is 3.57. The molecule has 0 spiro atoms. The third-order valence-electron chi connectivity index (χ3n) is 5.16. The average Bonchev–Trinajstić information content (AvgIpc) is 3.24. The number of H-pyrrole nitrogens is 1. The summed E-state index contributed by atoms with van der Waals surface area (Å²) in [5.74, 6) is 0.301. The van der Waals surface area contributed by atoms with E-state index in [1.807, 2.05) is 79.0 Å². The van der Waals surface area contributed by atoms with E-state index in [4.69, 9.17) is 0 Å². The fourth-order valence-electron chi connectivity index (χ4n) is 3.61. The van der Waals surface area contributed by atoms with Crippen molar-refractivity contribution in [2.75, 3.05) is 16.0 Å². The van der Waals surface area contributed by atoms with E-state index >= 15 is 0 Å². The van der Waals surface area contributed by atoms with Gasteiger partial charge < -0.3 is 15.2 Å². The highest BCUT2D eigenvalue weighted by atomic mass is 32.2. The molecule has 0 saturated carbocycles. The van der Waals surface area contributed by atoms with Gasteiger partial charge in [-0.2, -0.15) is 0 Å². The molecular weight excluding hydrogens is 394 g/mol. The summed E-state index contributed by atoms with van der Waals surface area (Å²) >= 11 is 1.53. The molecule has 0 bridgehead atoms. The van der Waals surface area contributed by atoms with Crippen LogP contribution in [0.3, 0.4) is 0 Å². The Morgan fingerprint density at radius 2 is 1.90 bits per heavy atom. The zero-order valence-corrected chi connectivity index (χ0v) is 16.9. The first kappa shape index (κ1) is 18.5. The lowest BCUT2D eigenvalue weighted by atomic mass is 10.1. The Balaban J connectivity index is 1.42. The number of aromatic nitrogens is 1. The van der Waals surface area contributed by atoms with Crippen LogP contribution in [0.1, 0.15) is 15.9 Å². The number of thioether (sulfide) groups is 1. The van der Waals surface area contributed by atoms with Gasteiger partial charge in [0.25, 0.3) is 5.91 Å². The largest absolute Gasteiger partial charge is 0.361 e. The van der Waals surface area contributed by atoms with Gasteiger partial charge in [0.05, 0.1) is 18.0 Å². The van der Waals surface area contributed by atoms with Crippen LogP contribution in [0.25, 0.3) is 10.9 Å². The minimum atomic E-state index is -0.184. The van der Waals surface area contributed by atoms with Crippen LogP contribution in [-0.4, -0.2) is 22.6 Å². The van der Waals surface area contributed by atoms with Crippen molar-refractivity contribution in [1.29, 1.82) is 0 Å². The molecule has 0 fully saturated rings. The maximum absolute atomic E-state index is 12.8. The summed E-state index contributed by atoms with van der Waals surface area (Å²) in [5, 5.41) is 4.03. The van der Waals surface area contributed by atoms with Crippen LogP contribution in [0.5, 0.6) is 0 Å². The Morgan fingerprint density at radius 3 is 2.77 bits per heavy atom. The van der Waals surface area contributed by atoms with Gasteiger partial charge in [-0.05, 0) is 47.3 Å². The van der Waals surface area contributed by atoms with Gasteiger partial charge in [-0.3, -0.25) is 9.59 Å². The summed E-state index contributed by atoms with van der Waals surface area (Å²) in [7, 11) is 0.